The first-order valence-electron chi connectivity index (χ1n) is 9.00. The van der Waals surface area contributed by atoms with Crippen molar-refractivity contribution in [2.24, 2.45) is 4.99 Å². The Labute approximate surface area is 169 Å². The zero-order chi connectivity index (χ0) is 21.0. The Morgan fingerprint density at radius 1 is 1.17 bits per heavy atom. The van der Waals surface area contributed by atoms with Crippen molar-refractivity contribution in [2.45, 2.75) is 30.7 Å². The average Bonchev–Trinajstić information content (AvgIpc) is 3.30. The van der Waals surface area contributed by atoms with Gasteiger partial charge in [0.05, 0.1) is 0 Å². The number of amides is 3. The number of benzene rings is 1. The Hall–Kier alpha value is -2.56. The normalized spacial score (nSPS) is 19.3. The molecule has 0 spiro atoms. The standard InChI is InChI=1S/C18H19F3N4O3S/c19-18(20,21)10-22-15(27)11-3-5-12(6-4-11)23-14(26)9-13-16(28)24-17(29-13)25-7-1-2-8-25/h3-6,13H,1-2,7-10H2,(H,22,27)(H,23,26). The van der Waals surface area contributed by atoms with Gasteiger partial charge in [0, 0.05) is 30.8 Å². The maximum absolute atomic E-state index is 12.2. The molecule has 2 N–H and O–H groups in total. The number of nitrogens with one attached hydrogen (secondary N) is 2. The number of nitrogens with zero attached hydrogens (tertiary/aromatic N) is 2. The summed E-state index contributed by atoms with van der Waals surface area (Å²) in [4.78, 5) is 42.0. The molecule has 11 heteroatoms. The van der Waals surface area contributed by atoms with Crippen LogP contribution in [0.5, 0.6) is 0 Å². The van der Waals surface area contributed by atoms with Gasteiger partial charge in [-0.1, -0.05) is 11.8 Å². The molecular weight excluding hydrogens is 409 g/mol. The van der Waals surface area contributed by atoms with Gasteiger partial charge in [0.1, 0.15) is 11.8 Å². The van der Waals surface area contributed by atoms with Gasteiger partial charge in [-0.3, -0.25) is 14.4 Å². The van der Waals surface area contributed by atoms with Gasteiger partial charge >= 0.3 is 6.18 Å². The Morgan fingerprint density at radius 2 is 1.83 bits per heavy atom. The van der Waals surface area contributed by atoms with E-state index in [4.69, 9.17) is 0 Å². The molecular formula is C18H19F3N4O3S. The largest absolute Gasteiger partial charge is 0.405 e. The minimum absolute atomic E-state index is 0.0393. The fraction of sp³-hybridized carbons (Fsp3) is 0.444. The lowest BCUT2D eigenvalue weighted by Crippen LogP contribution is -2.33. The fourth-order valence-electron chi connectivity index (χ4n) is 2.92. The van der Waals surface area contributed by atoms with Crippen LogP contribution in [0.15, 0.2) is 29.3 Å². The number of rotatable bonds is 5. The highest BCUT2D eigenvalue weighted by atomic mass is 32.2. The molecule has 1 unspecified atom stereocenters. The molecule has 7 nitrogen and oxygen atoms in total. The van der Waals surface area contributed by atoms with E-state index in [1.54, 1.807) is 5.32 Å². The van der Waals surface area contributed by atoms with Crippen molar-refractivity contribution in [2.75, 3.05) is 25.0 Å². The molecule has 0 aromatic heterocycles. The highest BCUT2D eigenvalue weighted by Gasteiger charge is 2.33. The molecule has 1 aromatic carbocycles. The third kappa shape index (κ3) is 5.96. The summed E-state index contributed by atoms with van der Waals surface area (Å²) in [6.45, 7) is 0.306. The van der Waals surface area contributed by atoms with Crippen LogP contribution in [0.4, 0.5) is 18.9 Å². The first kappa shape index (κ1) is 21.2. The van der Waals surface area contributed by atoms with Crippen LogP contribution in [0.2, 0.25) is 0 Å². The molecule has 1 fully saturated rings. The Kier molecular flexibility index (Phi) is 6.46. The van der Waals surface area contributed by atoms with Crippen molar-refractivity contribution >= 4 is 40.3 Å². The number of anilines is 1. The predicted octanol–water partition coefficient (Wildman–Crippen LogP) is 2.40. The Bertz CT molecular complexity index is 821. The molecule has 156 valence electrons. The minimum Gasteiger partial charge on any atom is -0.351 e. The van der Waals surface area contributed by atoms with Gasteiger partial charge in [0.25, 0.3) is 11.8 Å². The lowest BCUT2D eigenvalue weighted by atomic mass is 10.2. The number of hydrogen-bond acceptors (Lipinski definition) is 5. The fourth-order valence-corrected chi connectivity index (χ4v) is 4.04. The third-order valence-electron chi connectivity index (χ3n) is 4.36. The second-order valence-corrected chi connectivity index (χ2v) is 7.83. The lowest BCUT2D eigenvalue weighted by molar-refractivity contribution is -0.123. The molecule has 0 bridgehead atoms. The molecule has 1 saturated heterocycles. The quantitative estimate of drug-likeness (QED) is 0.752. The second-order valence-electron chi connectivity index (χ2n) is 6.66. The SMILES string of the molecule is O=C(CC1SC(N2CCCC2)=NC1=O)Nc1ccc(C(=O)NCC(F)(F)F)cc1. The highest BCUT2D eigenvalue weighted by Crippen LogP contribution is 2.29. The Balaban J connectivity index is 1.48. The van der Waals surface area contributed by atoms with Crippen LogP contribution in [-0.4, -0.2) is 58.8 Å². The van der Waals surface area contributed by atoms with E-state index in [0.717, 1.165) is 25.9 Å². The number of carbonyl (C=O) groups is 3. The van der Waals surface area contributed by atoms with Crippen molar-refractivity contribution in [3.63, 3.8) is 0 Å². The van der Waals surface area contributed by atoms with Gasteiger partial charge in [-0.2, -0.15) is 18.2 Å². The van der Waals surface area contributed by atoms with E-state index in [0.29, 0.717) is 10.9 Å². The topological polar surface area (TPSA) is 90.9 Å². The summed E-state index contributed by atoms with van der Waals surface area (Å²) >= 11 is 1.29. The number of carbonyl (C=O) groups excluding carboxylic acids is 3. The maximum Gasteiger partial charge on any atom is 0.405 e. The molecule has 3 rings (SSSR count). The van der Waals surface area contributed by atoms with E-state index < -0.39 is 23.9 Å². The van der Waals surface area contributed by atoms with Crippen molar-refractivity contribution in [1.29, 1.82) is 0 Å². The van der Waals surface area contributed by atoms with Crippen molar-refractivity contribution in [3.05, 3.63) is 29.8 Å². The minimum atomic E-state index is -4.49. The Morgan fingerprint density at radius 3 is 2.45 bits per heavy atom. The smallest absolute Gasteiger partial charge is 0.351 e. The zero-order valence-corrected chi connectivity index (χ0v) is 16.1. The molecule has 2 aliphatic rings. The summed E-state index contributed by atoms with van der Waals surface area (Å²) in [7, 11) is 0. The summed E-state index contributed by atoms with van der Waals surface area (Å²) in [5.41, 5.74) is 0.413. The molecule has 1 atom stereocenters. The van der Waals surface area contributed by atoms with Crippen LogP contribution < -0.4 is 10.6 Å². The molecule has 29 heavy (non-hydrogen) atoms. The van der Waals surface area contributed by atoms with Gasteiger partial charge in [-0.15, -0.1) is 0 Å². The van der Waals surface area contributed by atoms with E-state index in [1.807, 2.05) is 4.90 Å². The summed E-state index contributed by atoms with van der Waals surface area (Å²) in [5, 5.41) is 4.48. The summed E-state index contributed by atoms with van der Waals surface area (Å²) in [5.74, 6) is -1.58. The van der Waals surface area contributed by atoms with E-state index in [9.17, 15) is 27.6 Å². The van der Waals surface area contributed by atoms with Crippen LogP contribution in [0.3, 0.4) is 0 Å². The number of hydrogen-bond donors (Lipinski definition) is 2. The van der Waals surface area contributed by atoms with Crippen molar-refractivity contribution in [3.8, 4) is 0 Å². The van der Waals surface area contributed by atoms with Gasteiger partial charge in [0.15, 0.2) is 5.17 Å². The van der Waals surface area contributed by atoms with Crippen molar-refractivity contribution < 1.29 is 27.6 Å². The average molecular weight is 428 g/mol. The van der Waals surface area contributed by atoms with E-state index in [2.05, 4.69) is 10.3 Å². The predicted molar refractivity (Wildman–Crippen MR) is 103 cm³/mol. The van der Waals surface area contributed by atoms with Gasteiger partial charge in [-0.05, 0) is 37.1 Å². The molecule has 3 amide bonds. The van der Waals surface area contributed by atoms with Gasteiger partial charge < -0.3 is 15.5 Å². The van der Waals surface area contributed by atoms with Crippen molar-refractivity contribution in [1.82, 2.24) is 10.2 Å². The van der Waals surface area contributed by atoms with Crippen LogP contribution in [-0.2, 0) is 9.59 Å². The van der Waals surface area contributed by atoms with Gasteiger partial charge in [0.2, 0.25) is 5.91 Å². The zero-order valence-electron chi connectivity index (χ0n) is 15.3. The molecule has 2 aliphatic heterocycles. The lowest BCUT2D eigenvalue weighted by Gasteiger charge is -2.16. The summed E-state index contributed by atoms with van der Waals surface area (Å²) in [6, 6.07) is 5.45. The summed E-state index contributed by atoms with van der Waals surface area (Å²) < 4.78 is 36.4. The van der Waals surface area contributed by atoms with E-state index in [-0.39, 0.29) is 23.8 Å². The van der Waals surface area contributed by atoms with Crippen LogP contribution >= 0.6 is 11.8 Å². The van der Waals surface area contributed by atoms with Crippen LogP contribution in [0.1, 0.15) is 29.6 Å². The molecule has 2 heterocycles. The maximum atomic E-state index is 12.2. The molecule has 0 saturated carbocycles. The van der Waals surface area contributed by atoms with Crippen LogP contribution in [0.25, 0.3) is 0 Å². The molecule has 0 aliphatic carbocycles. The number of alkyl halides is 3. The number of thioether (sulfide) groups is 1. The number of aliphatic imine (C=N–C) groups is 1. The summed E-state index contributed by atoms with van der Waals surface area (Å²) in [6.07, 6.45) is -2.41. The van der Waals surface area contributed by atoms with Gasteiger partial charge in [-0.25, -0.2) is 0 Å². The van der Waals surface area contributed by atoms with E-state index in [1.165, 1.54) is 36.0 Å². The first-order valence-corrected chi connectivity index (χ1v) is 9.88. The third-order valence-corrected chi connectivity index (χ3v) is 5.57. The highest BCUT2D eigenvalue weighted by molar-refractivity contribution is 8.15. The molecule has 0 radical (unpaired) electrons. The monoisotopic (exact) mass is 428 g/mol. The number of halogens is 3. The second kappa shape index (κ2) is 8.85. The first-order chi connectivity index (χ1) is 13.7. The molecule has 1 aromatic rings. The number of likely N-dealkylation sites (tertiary alicyclic amines) is 1. The van der Waals surface area contributed by atoms with E-state index >= 15 is 0 Å². The van der Waals surface area contributed by atoms with Crippen LogP contribution in [0, 0.1) is 0 Å². The number of amidine groups is 1.